The molecule has 0 amide bonds. The predicted molar refractivity (Wildman–Crippen MR) is 68.8 cm³/mol. The van der Waals surface area contributed by atoms with E-state index in [1.54, 1.807) is 6.33 Å². The summed E-state index contributed by atoms with van der Waals surface area (Å²) in [4.78, 5) is 2.19. The van der Waals surface area contributed by atoms with Crippen LogP contribution in [-0.4, -0.2) is 36.1 Å². The van der Waals surface area contributed by atoms with Gasteiger partial charge in [0.15, 0.2) is 10.6 Å². The summed E-state index contributed by atoms with van der Waals surface area (Å²) in [6, 6.07) is 0. The molecule has 0 radical (unpaired) electrons. The number of nitrogens with one attached hydrogen (secondary N) is 1. The number of hydrogen-bond acceptors (Lipinski definition) is 5. The molecule has 8 heteroatoms. The Bertz CT molecular complexity index is 595. The number of H-pyrrole nitrogens is 1. The Balaban J connectivity index is 1.91. The molecular weight excluding hydrogens is 250 g/mol. The fourth-order valence-corrected chi connectivity index (χ4v) is 2.43. The third-order valence-corrected chi connectivity index (χ3v) is 3.42. The second kappa shape index (κ2) is 4.52. The Kier molecular flexibility index (Phi) is 2.86. The van der Waals surface area contributed by atoms with Crippen molar-refractivity contribution in [2.75, 3.05) is 11.4 Å². The van der Waals surface area contributed by atoms with Gasteiger partial charge in [0.2, 0.25) is 5.95 Å². The van der Waals surface area contributed by atoms with E-state index in [2.05, 4.69) is 36.8 Å². The molecule has 1 aliphatic heterocycles. The van der Waals surface area contributed by atoms with E-state index >= 15 is 0 Å². The fourth-order valence-electron chi connectivity index (χ4n) is 2.21. The quantitative estimate of drug-likeness (QED) is 0.837. The van der Waals surface area contributed by atoms with Crippen molar-refractivity contribution in [2.24, 2.45) is 0 Å². The molecule has 96 valence electrons. The van der Waals surface area contributed by atoms with Gasteiger partial charge in [-0.3, -0.25) is 4.57 Å². The standard InChI is InChI=1S/C10H15N7S/c1-2-3-17-9(13-14-10(17)18)15-4-5-16-7-11-12-8(16)6-15/h7H,2-6H2,1H3,(H,14,18). The molecule has 0 fully saturated rings. The Morgan fingerprint density at radius 1 is 1.44 bits per heavy atom. The summed E-state index contributed by atoms with van der Waals surface area (Å²) in [5.74, 6) is 1.87. The van der Waals surface area contributed by atoms with Gasteiger partial charge in [-0.15, -0.1) is 15.3 Å². The minimum Gasteiger partial charge on any atom is -0.332 e. The summed E-state index contributed by atoms with van der Waals surface area (Å²) in [5, 5.41) is 15.2. The van der Waals surface area contributed by atoms with Gasteiger partial charge in [0, 0.05) is 19.6 Å². The summed E-state index contributed by atoms with van der Waals surface area (Å²) in [7, 11) is 0. The number of hydrogen-bond donors (Lipinski definition) is 1. The van der Waals surface area contributed by atoms with E-state index in [-0.39, 0.29) is 0 Å². The second-order valence-electron chi connectivity index (χ2n) is 4.34. The number of anilines is 1. The van der Waals surface area contributed by atoms with Gasteiger partial charge in [0.25, 0.3) is 0 Å². The highest BCUT2D eigenvalue weighted by Crippen LogP contribution is 2.18. The van der Waals surface area contributed by atoms with Crippen LogP contribution in [0.5, 0.6) is 0 Å². The van der Waals surface area contributed by atoms with Crippen molar-refractivity contribution in [3.8, 4) is 0 Å². The van der Waals surface area contributed by atoms with Crippen molar-refractivity contribution in [3.63, 3.8) is 0 Å². The lowest BCUT2D eigenvalue weighted by Gasteiger charge is -2.27. The number of aromatic nitrogens is 6. The van der Waals surface area contributed by atoms with Crippen molar-refractivity contribution < 1.29 is 0 Å². The van der Waals surface area contributed by atoms with Crippen LogP contribution in [0.2, 0.25) is 0 Å². The molecule has 18 heavy (non-hydrogen) atoms. The third kappa shape index (κ3) is 1.82. The molecule has 3 heterocycles. The molecule has 0 bridgehead atoms. The third-order valence-electron chi connectivity index (χ3n) is 3.11. The zero-order valence-corrected chi connectivity index (χ0v) is 11.0. The van der Waals surface area contributed by atoms with Crippen molar-refractivity contribution >= 4 is 18.2 Å². The summed E-state index contributed by atoms with van der Waals surface area (Å²) in [6.07, 6.45) is 2.81. The normalized spacial score (nSPS) is 14.8. The Hall–Kier alpha value is -1.70. The average molecular weight is 265 g/mol. The molecule has 0 unspecified atom stereocenters. The lowest BCUT2D eigenvalue weighted by Crippen LogP contribution is -2.35. The van der Waals surface area contributed by atoms with E-state index in [0.29, 0.717) is 4.77 Å². The van der Waals surface area contributed by atoms with Crippen molar-refractivity contribution in [2.45, 2.75) is 33.0 Å². The summed E-state index contributed by atoms with van der Waals surface area (Å²) < 4.78 is 4.79. The highest BCUT2D eigenvalue weighted by Gasteiger charge is 2.21. The maximum atomic E-state index is 5.25. The topological polar surface area (TPSA) is 67.6 Å². The van der Waals surface area contributed by atoms with E-state index < -0.39 is 0 Å². The molecule has 1 N–H and O–H groups in total. The van der Waals surface area contributed by atoms with Crippen LogP contribution < -0.4 is 4.90 Å². The molecule has 1 aliphatic rings. The molecule has 0 aliphatic carbocycles. The van der Waals surface area contributed by atoms with Crippen molar-refractivity contribution in [1.29, 1.82) is 0 Å². The molecule has 7 nitrogen and oxygen atoms in total. The summed E-state index contributed by atoms with van der Waals surface area (Å²) >= 11 is 5.25. The van der Waals surface area contributed by atoms with Crippen LogP contribution >= 0.6 is 12.2 Å². The molecule has 3 rings (SSSR count). The first-order valence-electron chi connectivity index (χ1n) is 6.06. The predicted octanol–water partition coefficient (Wildman–Crippen LogP) is 0.962. The van der Waals surface area contributed by atoms with Gasteiger partial charge < -0.3 is 9.47 Å². The zero-order chi connectivity index (χ0) is 12.5. The molecule has 0 saturated carbocycles. The highest BCUT2D eigenvalue weighted by atomic mass is 32.1. The van der Waals surface area contributed by atoms with E-state index in [4.69, 9.17) is 12.2 Å². The van der Waals surface area contributed by atoms with Crippen molar-refractivity contribution in [3.05, 3.63) is 16.9 Å². The molecule has 2 aromatic rings. The van der Waals surface area contributed by atoms with Gasteiger partial charge in [-0.25, -0.2) is 5.10 Å². The smallest absolute Gasteiger partial charge is 0.226 e. The van der Waals surface area contributed by atoms with Crippen LogP contribution in [0, 0.1) is 4.77 Å². The molecule has 0 saturated heterocycles. The minimum absolute atomic E-state index is 0.680. The minimum atomic E-state index is 0.680. The van der Waals surface area contributed by atoms with Crippen molar-refractivity contribution in [1.82, 2.24) is 29.5 Å². The van der Waals surface area contributed by atoms with Gasteiger partial charge in [-0.2, -0.15) is 0 Å². The Morgan fingerprint density at radius 2 is 2.33 bits per heavy atom. The largest absolute Gasteiger partial charge is 0.332 e. The first-order valence-corrected chi connectivity index (χ1v) is 6.47. The maximum Gasteiger partial charge on any atom is 0.226 e. The highest BCUT2D eigenvalue weighted by molar-refractivity contribution is 7.71. The molecule has 0 atom stereocenters. The fraction of sp³-hybridized carbons (Fsp3) is 0.600. The molecule has 0 aromatic carbocycles. The average Bonchev–Trinajstić information content (AvgIpc) is 2.97. The number of rotatable bonds is 3. The second-order valence-corrected chi connectivity index (χ2v) is 4.73. The van der Waals surface area contributed by atoms with Crippen LogP contribution in [0.1, 0.15) is 19.2 Å². The molecular formula is C10H15N7S. The zero-order valence-electron chi connectivity index (χ0n) is 10.2. The van der Waals surface area contributed by atoms with E-state index in [9.17, 15) is 0 Å². The van der Waals surface area contributed by atoms with Crippen LogP contribution in [0.4, 0.5) is 5.95 Å². The van der Waals surface area contributed by atoms with Gasteiger partial charge in [-0.05, 0) is 18.6 Å². The lowest BCUT2D eigenvalue weighted by molar-refractivity contribution is 0.536. The monoisotopic (exact) mass is 265 g/mol. The van der Waals surface area contributed by atoms with Gasteiger partial charge in [-0.1, -0.05) is 6.92 Å². The summed E-state index contributed by atoms with van der Waals surface area (Å²) in [6.45, 7) is 5.52. The number of aromatic amines is 1. The lowest BCUT2D eigenvalue weighted by atomic mass is 10.3. The summed E-state index contributed by atoms with van der Waals surface area (Å²) in [5.41, 5.74) is 0. The first-order chi connectivity index (χ1) is 8.79. The Morgan fingerprint density at radius 3 is 3.17 bits per heavy atom. The van der Waals surface area contributed by atoms with Crippen LogP contribution in [0.15, 0.2) is 6.33 Å². The van der Waals surface area contributed by atoms with Crippen LogP contribution in [0.25, 0.3) is 0 Å². The van der Waals surface area contributed by atoms with E-state index in [1.165, 1.54) is 0 Å². The van der Waals surface area contributed by atoms with Crippen LogP contribution in [-0.2, 0) is 19.6 Å². The van der Waals surface area contributed by atoms with E-state index in [0.717, 1.165) is 44.4 Å². The van der Waals surface area contributed by atoms with Gasteiger partial charge in [0.05, 0.1) is 6.54 Å². The van der Waals surface area contributed by atoms with Gasteiger partial charge >= 0.3 is 0 Å². The van der Waals surface area contributed by atoms with Crippen LogP contribution in [0.3, 0.4) is 0 Å². The van der Waals surface area contributed by atoms with Gasteiger partial charge in [0.1, 0.15) is 6.33 Å². The SMILES string of the molecule is CCCn1c(N2CCn3cnnc3C2)n[nH]c1=S. The molecule has 0 spiro atoms. The number of fused-ring (bicyclic) bond motifs is 1. The van der Waals surface area contributed by atoms with E-state index in [1.807, 2.05) is 4.57 Å². The Labute approximate surface area is 109 Å². The number of nitrogens with zero attached hydrogens (tertiary/aromatic N) is 6. The maximum absolute atomic E-state index is 5.25. The first kappa shape index (κ1) is 11.4. The molecule has 2 aromatic heterocycles.